The maximum atomic E-state index is 12.6. The molecule has 0 saturated heterocycles. The quantitative estimate of drug-likeness (QED) is 0.432. The number of hydrogen-bond acceptors (Lipinski definition) is 4. The van der Waals surface area contributed by atoms with Crippen LogP contribution in [-0.2, 0) is 6.54 Å². The van der Waals surface area contributed by atoms with Crippen molar-refractivity contribution < 1.29 is 23.0 Å². The Morgan fingerprint density at radius 1 is 1.25 bits per heavy atom. The van der Waals surface area contributed by atoms with Crippen LogP contribution in [0.2, 0.25) is 0 Å². The summed E-state index contributed by atoms with van der Waals surface area (Å²) in [5, 5.41) is 6.32. The molecule has 6 nitrogen and oxygen atoms in total. The topological polar surface area (TPSA) is 64.1 Å². The maximum absolute atomic E-state index is 12.6. The third kappa shape index (κ3) is 5.14. The largest absolute Gasteiger partial charge is 0.454 e. The van der Waals surface area contributed by atoms with Gasteiger partial charge in [-0.15, -0.1) is 0 Å². The number of nitrogens with one attached hydrogen (secondary N) is 2. The lowest BCUT2D eigenvalue weighted by Crippen LogP contribution is -2.37. The summed E-state index contributed by atoms with van der Waals surface area (Å²) in [7, 11) is 0. The number of aliphatic imine (C=N–C) groups is 1. The van der Waals surface area contributed by atoms with Gasteiger partial charge in [0.25, 0.3) is 0 Å². The minimum atomic E-state index is -2.91. The van der Waals surface area contributed by atoms with Crippen molar-refractivity contribution in [2.75, 3.05) is 19.9 Å². The van der Waals surface area contributed by atoms with Gasteiger partial charge in [0.05, 0.1) is 6.54 Å². The predicted octanol–water partition coefficient (Wildman–Crippen LogP) is 2.87. The number of guanidine groups is 1. The van der Waals surface area contributed by atoms with Gasteiger partial charge in [-0.1, -0.05) is 13.3 Å². The van der Waals surface area contributed by atoms with Crippen LogP contribution in [0.15, 0.2) is 17.1 Å². The zero-order valence-corrected chi connectivity index (χ0v) is 13.9. The highest BCUT2D eigenvalue weighted by Gasteiger charge is 2.20. The normalized spacial score (nSPS) is 13.3. The Labute approximate surface area is 140 Å². The van der Waals surface area contributed by atoms with E-state index in [9.17, 15) is 8.78 Å². The summed E-state index contributed by atoms with van der Waals surface area (Å²) >= 11 is 0. The Kier molecular flexibility index (Phi) is 6.89. The van der Waals surface area contributed by atoms with E-state index in [1.807, 2.05) is 6.92 Å². The summed E-state index contributed by atoms with van der Waals surface area (Å²) in [6.45, 7) is 2.90. The van der Waals surface area contributed by atoms with E-state index < -0.39 is 6.61 Å². The predicted molar refractivity (Wildman–Crippen MR) is 86.9 cm³/mol. The van der Waals surface area contributed by atoms with Crippen molar-refractivity contribution in [2.24, 2.45) is 4.99 Å². The van der Waals surface area contributed by atoms with Crippen LogP contribution < -0.4 is 24.8 Å². The van der Waals surface area contributed by atoms with E-state index in [1.165, 1.54) is 6.07 Å². The van der Waals surface area contributed by atoms with Gasteiger partial charge < -0.3 is 24.8 Å². The number of halogens is 2. The van der Waals surface area contributed by atoms with Gasteiger partial charge in [0.15, 0.2) is 17.5 Å². The fourth-order valence-electron chi connectivity index (χ4n) is 2.18. The van der Waals surface area contributed by atoms with Gasteiger partial charge in [-0.3, -0.25) is 0 Å². The van der Waals surface area contributed by atoms with E-state index in [0.717, 1.165) is 19.4 Å². The lowest BCUT2D eigenvalue weighted by molar-refractivity contribution is -0.0505. The smallest absolute Gasteiger partial charge is 0.387 e. The highest BCUT2D eigenvalue weighted by molar-refractivity contribution is 5.79. The van der Waals surface area contributed by atoms with Crippen molar-refractivity contribution in [3.63, 3.8) is 0 Å². The molecule has 0 amide bonds. The highest BCUT2D eigenvalue weighted by atomic mass is 19.3. The van der Waals surface area contributed by atoms with Crippen LogP contribution in [0.1, 0.15) is 32.3 Å². The molecule has 0 unspecified atom stereocenters. The van der Waals surface area contributed by atoms with E-state index in [2.05, 4.69) is 27.3 Å². The molecule has 1 aromatic rings. The fourth-order valence-corrected chi connectivity index (χ4v) is 2.18. The molecule has 0 bridgehead atoms. The van der Waals surface area contributed by atoms with E-state index in [1.54, 1.807) is 6.07 Å². The van der Waals surface area contributed by atoms with Crippen LogP contribution in [0, 0.1) is 0 Å². The molecule has 8 heteroatoms. The number of fused-ring (bicyclic) bond motifs is 1. The SMILES string of the molecule is CCCCNC(=NCc1cc2c(cc1OC(F)F)OCO2)NCC. The molecule has 0 aromatic heterocycles. The molecule has 1 aliphatic rings. The molecule has 1 heterocycles. The Balaban J connectivity index is 2.14. The molecule has 2 N–H and O–H groups in total. The summed E-state index contributed by atoms with van der Waals surface area (Å²) in [5.74, 6) is 1.58. The summed E-state index contributed by atoms with van der Waals surface area (Å²) in [5.41, 5.74) is 0.507. The molecule has 0 saturated carbocycles. The minimum Gasteiger partial charge on any atom is -0.454 e. The number of hydrogen-bond donors (Lipinski definition) is 2. The first-order valence-electron chi connectivity index (χ1n) is 8.03. The maximum Gasteiger partial charge on any atom is 0.387 e. The van der Waals surface area contributed by atoms with E-state index in [-0.39, 0.29) is 19.1 Å². The van der Waals surface area contributed by atoms with Crippen LogP contribution >= 0.6 is 0 Å². The first kappa shape index (κ1) is 18.1. The molecule has 134 valence electrons. The highest BCUT2D eigenvalue weighted by Crippen LogP contribution is 2.38. The number of alkyl halides is 2. The van der Waals surface area contributed by atoms with Crippen molar-refractivity contribution in [2.45, 2.75) is 39.8 Å². The molecule has 2 rings (SSSR count). The van der Waals surface area contributed by atoms with Gasteiger partial charge in [0.2, 0.25) is 6.79 Å². The van der Waals surface area contributed by atoms with Gasteiger partial charge in [-0.25, -0.2) is 4.99 Å². The third-order valence-electron chi connectivity index (χ3n) is 3.35. The first-order valence-corrected chi connectivity index (χ1v) is 8.03. The van der Waals surface area contributed by atoms with Crippen molar-refractivity contribution in [1.82, 2.24) is 10.6 Å². The Hall–Kier alpha value is -2.25. The van der Waals surface area contributed by atoms with E-state index in [4.69, 9.17) is 9.47 Å². The van der Waals surface area contributed by atoms with Crippen molar-refractivity contribution in [1.29, 1.82) is 0 Å². The van der Waals surface area contributed by atoms with Crippen LogP contribution in [0.4, 0.5) is 8.78 Å². The lowest BCUT2D eigenvalue weighted by Gasteiger charge is -2.13. The molecule has 0 spiro atoms. The van der Waals surface area contributed by atoms with Crippen molar-refractivity contribution in [3.8, 4) is 17.2 Å². The Bertz CT molecular complexity index is 568. The molecular weight excluding hydrogens is 320 g/mol. The number of unbranched alkanes of at least 4 members (excludes halogenated alkanes) is 1. The van der Waals surface area contributed by atoms with Gasteiger partial charge in [-0.2, -0.15) is 8.78 Å². The number of nitrogens with zero attached hydrogens (tertiary/aromatic N) is 1. The average molecular weight is 343 g/mol. The van der Waals surface area contributed by atoms with Gasteiger partial charge >= 0.3 is 6.61 Å². The Morgan fingerprint density at radius 2 is 2.00 bits per heavy atom. The fraction of sp³-hybridized carbons (Fsp3) is 0.562. The second-order valence-corrected chi connectivity index (χ2v) is 5.17. The van der Waals surface area contributed by atoms with Crippen LogP contribution in [-0.4, -0.2) is 32.5 Å². The third-order valence-corrected chi connectivity index (χ3v) is 3.35. The molecule has 0 radical (unpaired) electrons. The van der Waals surface area contributed by atoms with Crippen molar-refractivity contribution >= 4 is 5.96 Å². The average Bonchev–Trinajstić information content (AvgIpc) is 2.99. The molecular formula is C16H23F2N3O3. The van der Waals surface area contributed by atoms with E-state index in [0.29, 0.717) is 29.6 Å². The van der Waals surface area contributed by atoms with Gasteiger partial charge in [0, 0.05) is 24.7 Å². The molecule has 0 atom stereocenters. The Morgan fingerprint density at radius 3 is 2.67 bits per heavy atom. The van der Waals surface area contributed by atoms with Crippen molar-refractivity contribution in [3.05, 3.63) is 17.7 Å². The first-order chi connectivity index (χ1) is 11.6. The number of ether oxygens (including phenoxy) is 3. The molecule has 0 aliphatic carbocycles. The minimum absolute atomic E-state index is 0.0439. The van der Waals surface area contributed by atoms with E-state index >= 15 is 0 Å². The second kappa shape index (κ2) is 9.14. The van der Waals surface area contributed by atoms with Crippen LogP contribution in [0.3, 0.4) is 0 Å². The number of benzene rings is 1. The molecule has 1 aliphatic heterocycles. The van der Waals surface area contributed by atoms with Gasteiger partial charge in [-0.05, 0) is 19.4 Å². The lowest BCUT2D eigenvalue weighted by atomic mass is 10.1. The zero-order chi connectivity index (χ0) is 17.4. The summed E-state index contributed by atoms with van der Waals surface area (Å²) < 4.78 is 40.3. The summed E-state index contributed by atoms with van der Waals surface area (Å²) in [4.78, 5) is 4.42. The second-order valence-electron chi connectivity index (χ2n) is 5.17. The molecule has 1 aromatic carbocycles. The summed E-state index contributed by atoms with van der Waals surface area (Å²) in [6.07, 6.45) is 2.09. The van der Waals surface area contributed by atoms with Gasteiger partial charge in [0.1, 0.15) is 5.75 Å². The number of rotatable bonds is 8. The summed E-state index contributed by atoms with van der Waals surface area (Å²) in [6, 6.07) is 3.04. The van der Waals surface area contributed by atoms with Crippen LogP contribution in [0.25, 0.3) is 0 Å². The standard InChI is InChI=1S/C16H23F2N3O3/c1-3-5-6-20-16(19-4-2)21-9-11-7-13-14(23-10-22-13)8-12(11)24-15(17)18/h7-8,15H,3-6,9-10H2,1-2H3,(H2,19,20,21). The molecule has 0 fully saturated rings. The molecule has 24 heavy (non-hydrogen) atoms. The monoisotopic (exact) mass is 343 g/mol. The van der Waals surface area contributed by atoms with Crippen LogP contribution in [0.5, 0.6) is 17.2 Å². The zero-order valence-electron chi connectivity index (χ0n) is 13.9.